The van der Waals surface area contributed by atoms with E-state index >= 15 is 0 Å². The molecule has 1 fully saturated rings. The fourth-order valence-electron chi connectivity index (χ4n) is 3.43. The smallest absolute Gasteiger partial charge is 0.107 e. The number of nitriles is 1. The van der Waals surface area contributed by atoms with E-state index in [4.69, 9.17) is 0 Å². The van der Waals surface area contributed by atoms with Gasteiger partial charge >= 0.3 is 0 Å². The minimum Gasteiger partial charge on any atom is -0.302 e. The summed E-state index contributed by atoms with van der Waals surface area (Å²) in [5.41, 5.74) is 0.215. The maximum atomic E-state index is 9.29. The van der Waals surface area contributed by atoms with E-state index in [9.17, 15) is 5.26 Å². The monoisotopic (exact) mass is 194 g/mol. The van der Waals surface area contributed by atoms with Crippen molar-refractivity contribution in [2.45, 2.75) is 52.5 Å². The largest absolute Gasteiger partial charge is 0.302 e. The lowest BCUT2D eigenvalue weighted by atomic mass is 9.59. The van der Waals surface area contributed by atoms with Gasteiger partial charge in [0.2, 0.25) is 0 Å². The summed E-state index contributed by atoms with van der Waals surface area (Å²) in [6, 6.07) is 2.47. The van der Waals surface area contributed by atoms with Gasteiger partial charge in [-0.3, -0.25) is 0 Å². The Bertz CT molecular complexity index is 242. The average molecular weight is 194 g/mol. The zero-order valence-corrected chi connectivity index (χ0v) is 10.1. The molecule has 0 heterocycles. The molecule has 0 atom stereocenters. The van der Waals surface area contributed by atoms with Gasteiger partial charge in [-0.05, 0) is 37.1 Å². The lowest BCUT2D eigenvalue weighted by Gasteiger charge is -2.48. The molecular formula is C12H22N2. The normalized spacial score (nSPS) is 28.0. The van der Waals surface area contributed by atoms with Gasteiger partial charge in [-0.15, -0.1) is 0 Å². The molecule has 0 saturated heterocycles. The summed E-state index contributed by atoms with van der Waals surface area (Å²) < 4.78 is 0. The van der Waals surface area contributed by atoms with Gasteiger partial charge in [0.1, 0.15) is 5.54 Å². The molecule has 2 heteroatoms. The maximum Gasteiger partial charge on any atom is 0.107 e. The van der Waals surface area contributed by atoms with E-state index in [1.54, 1.807) is 0 Å². The Labute approximate surface area is 87.7 Å². The van der Waals surface area contributed by atoms with Crippen LogP contribution in [-0.4, -0.2) is 12.6 Å². The van der Waals surface area contributed by atoms with E-state index in [2.05, 4.69) is 39.1 Å². The van der Waals surface area contributed by atoms with E-state index in [1.165, 1.54) is 6.42 Å². The highest BCUT2D eigenvalue weighted by Gasteiger charge is 2.46. The molecule has 1 N–H and O–H groups in total. The first-order valence-corrected chi connectivity index (χ1v) is 5.34. The number of hydrogen-bond donors (Lipinski definition) is 1. The summed E-state index contributed by atoms with van der Waals surface area (Å²) in [6.45, 7) is 9.04. The molecule has 1 saturated carbocycles. The van der Waals surface area contributed by atoms with Crippen molar-refractivity contribution in [1.82, 2.24) is 5.32 Å². The highest BCUT2D eigenvalue weighted by Crippen LogP contribution is 2.49. The summed E-state index contributed by atoms with van der Waals surface area (Å²) in [5.74, 6) is 0. The van der Waals surface area contributed by atoms with Crippen LogP contribution in [-0.2, 0) is 0 Å². The van der Waals surface area contributed by atoms with Gasteiger partial charge in [0.25, 0.3) is 0 Å². The molecule has 0 spiro atoms. The Balaban J connectivity index is 2.97. The van der Waals surface area contributed by atoms with E-state index < -0.39 is 0 Å². The third-order valence-corrected chi connectivity index (χ3v) is 3.21. The van der Waals surface area contributed by atoms with E-state index in [0.717, 1.165) is 12.8 Å². The van der Waals surface area contributed by atoms with Crippen LogP contribution < -0.4 is 5.32 Å². The predicted molar refractivity (Wildman–Crippen MR) is 58.8 cm³/mol. The lowest BCUT2D eigenvalue weighted by Crippen LogP contribution is -2.52. The van der Waals surface area contributed by atoms with Crippen molar-refractivity contribution >= 4 is 0 Å². The van der Waals surface area contributed by atoms with Crippen molar-refractivity contribution < 1.29 is 0 Å². The van der Waals surface area contributed by atoms with E-state index in [1.807, 2.05) is 7.05 Å². The van der Waals surface area contributed by atoms with Crippen LogP contribution in [0.2, 0.25) is 0 Å². The zero-order chi connectivity index (χ0) is 11.0. The summed E-state index contributed by atoms with van der Waals surface area (Å²) >= 11 is 0. The average Bonchev–Trinajstić information content (AvgIpc) is 1.98. The van der Waals surface area contributed by atoms with Crippen LogP contribution in [0.1, 0.15) is 47.0 Å². The molecule has 0 bridgehead atoms. The second-order valence-corrected chi connectivity index (χ2v) is 6.30. The Morgan fingerprint density at radius 1 is 1.00 bits per heavy atom. The van der Waals surface area contributed by atoms with Crippen molar-refractivity contribution in [1.29, 1.82) is 5.26 Å². The van der Waals surface area contributed by atoms with Crippen molar-refractivity contribution in [3.8, 4) is 6.07 Å². The molecule has 0 amide bonds. The third kappa shape index (κ3) is 2.27. The van der Waals surface area contributed by atoms with Crippen LogP contribution in [0, 0.1) is 22.2 Å². The summed E-state index contributed by atoms with van der Waals surface area (Å²) in [4.78, 5) is 0. The molecule has 0 aromatic heterocycles. The highest BCUT2D eigenvalue weighted by molar-refractivity contribution is 5.14. The molecular weight excluding hydrogens is 172 g/mol. The quantitative estimate of drug-likeness (QED) is 0.696. The first kappa shape index (κ1) is 11.5. The van der Waals surface area contributed by atoms with Gasteiger partial charge in [-0.2, -0.15) is 5.26 Å². The summed E-state index contributed by atoms with van der Waals surface area (Å²) in [6.07, 6.45) is 3.11. The molecule has 80 valence electrons. The summed E-state index contributed by atoms with van der Waals surface area (Å²) in [5, 5.41) is 12.5. The molecule has 14 heavy (non-hydrogen) atoms. The molecule has 1 aliphatic rings. The Kier molecular flexibility index (Phi) is 2.67. The first-order valence-electron chi connectivity index (χ1n) is 5.34. The maximum absolute atomic E-state index is 9.29. The van der Waals surface area contributed by atoms with E-state index in [0.29, 0.717) is 0 Å². The molecule has 0 radical (unpaired) electrons. The van der Waals surface area contributed by atoms with Gasteiger partial charge < -0.3 is 5.32 Å². The van der Waals surface area contributed by atoms with Crippen LogP contribution in [0.15, 0.2) is 0 Å². The van der Waals surface area contributed by atoms with Crippen LogP contribution in [0.25, 0.3) is 0 Å². The Hall–Kier alpha value is -0.550. The Morgan fingerprint density at radius 2 is 1.43 bits per heavy atom. The molecule has 0 unspecified atom stereocenters. The highest BCUT2D eigenvalue weighted by atomic mass is 14.9. The van der Waals surface area contributed by atoms with Crippen molar-refractivity contribution in [3.05, 3.63) is 0 Å². The lowest BCUT2D eigenvalue weighted by molar-refractivity contribution is 0.0590. The second-order valence-electron chi connectivity index (χ2n) is 6.30. The van der Waals surface area contributed by atoms with E-state index in [-0.39, 0.29) is 16.4 Å². The van der Waals surface area contributed by atoms with Crippen LogP contribution in [0.3, 0.4) is 0 Å². The van der Waals surface area contributed by atoms with Gasteiger partial charge in [0.15, 0.2) is 0 Å². The van der Waals surface area contributed by atoms with Crippen LogP contribution in [0.5, 0.6) is 0 Å². The fourth-order valence-corrected chi connectivity index (χ4v) is 3.43. The number of nitrogens with zero attached hydrogens (tertiary/aromatic N) is 1. The standard InChI is InChI=1S/C12H22N2/c1-10(2)6-11(3,4)8-12(7-10,9-13)14-5/h14H,6-8H2,1-5H3. The predicted octanol–water partition coefficient (Wildman–Crippen LogP) is 2.70. The van der Waals surface area contributed by atoms with Gasteiger partial charge in [-0.25, -0.2) is 0 Å². The van der Waals surface area contributed by atoms with Crippen LogP contribution >= 0.6 is 0 Å². The molecule has 0 aromatic carbocycles. The molecule has 2 nitrogen and oxygen atoms in total. The third-order valence-electron chi connectivity index (χ3n) is 3.21. The van der Waals surface area contributed by atoms with Crippen molar-refractivity contribution in [3.63, 3.8) is 0 Å². The molecule has 0 aliphatic heterocycles. The first-order chi connectivity index (χ1) is 6.24. The summed E-state index contributed by atoms with van der Waals surface area (Å²) in [7, 11) is 1.90. The minimum atomic E-state index is -0.314. The van der Waals surface area contributed by atoms with Crippen LogP contribution in [0.4, 0.5) is 0 Å². The molecule has 1 rings (SSSR count). The second kappa shape index (κ2) is 3.24. The fraction of sp³-hybridized carbons (Fsp3) is 0.917. The topological polar surface area (TPSA) is 35.8 Å². The van der Waals surface area contributed by atoms with Crippen molar-refractivity contribution in [2.24, 2.45) is 10.8 Å². The number of nitrogens with one attached hydrogen (secondary N) is 1. The SMILES string of the molecule is CNC1(C#N)CC(C)(C)CC(C)(C)C1. The minimum absolute atomic E-state index is 0.264. The number of rotatable bonds is 1. The van der Waals surface area contributed by atoms with Gasteiger partial charge in [-0.1, -0.05) is 27.7 Å². The van der Waals surface area contributed by atoms with Gasteiger partial charge in [0, 0.05) is 0 Å². The number of hydrogen-bond acceptors (Lipinski definition) is 2. The molecule has 1 aliphatic carbocycles. The van der Waals surface area contributed by atoms with Crippen molar-refractivity contribution in [2.75, 3.05) is 7.05 Å². The Morgan fingerprint density at radius 3 is 1.71 bits per heavy atom. The molecule has 0 aromatic rings. The van der Waals surface area contributed by atoms with Gasteiger partial charge in [0.05, 0.1) is 6.07 Å². The zero-order valence-electron chi connectivity index (χ0n) is 10.1.